The van der Waals surface area contributed by atoms with Crippen molar-refractivity contribution < 1.29 is 0 Å². The van der Waals surface area contributed by atoms with Crippen molar-refractivity contribution in [1.29, 1.82) is 0 Å². The molecule has 1 aliphatic rings. The number of likely N-dealkylation sites (tertiary alicyclic amines) is 1. The van der Waals surface area contributed by atoms with E-state index >= 15 is 0 Å². The SMILES string of the molecule is C=CC[C@@H]1[C@@H](Cc2ccccc2)CCN(Cc2ccccc2)[C@H]1C. The topological polar surface area (TPSA) is 3.24 Å². The highest BCUT2D eigenvalue weighted by molar-refractivity contribution is 5.17. The molecule has 0 unspecified atom stereocenters. The predicted octanol–water partition coefficient (Wildman–Crippen LogP) is 5.33. The standard InChI is InChI=1S/C23H29N/c1-3-10-23-19(2)24(18-21-13-8-5-9-14-21)16-15-22(23)17-20-11-6-4-7-12-20/h3-9,11-14,19,22-23H,1,10,15-18H2,2H3/t19-,22+,23-/m0/s1. The monoisotopic (exact) mass is 319 g/mol. The van der Waals surface area contributed by atoms with Crippen LogP contribution in [0.25, 0.3) is 0 Å². The van der Waals surface area contributed by atoms with Crippen molar-refractivity contribution in [3.63, 3.8) is 0 Å². The second kappa shape index (κ2) is 8.30. The van der Waals surface area contributed by atoms with E-state index in [1.807, 2.05) is 0 Å². The van der Waals surface area contributed by atoms with Gasteiger partial charge < -0.3 is 0 Å². The molecule has 1 heterocycles. The molecule has 0 radical (unpaired) electrons. The van der Waals surface area contributed by atoms with Gasteiger partial charge in [0.1, 0.15) is 0 Å². The second-order valence-corrected chi connectivity index (χ2v) is 7.12. The lowest BCUT2D eigenvalue weighted by Gasteiger charge is -2.44. The third kappa shape index (κ3) is 4.15. The first-order valence-corrected chi connectivity index (χ1v) is 9.20. The van der Waals surface area contributed by atoms with Crippen LogP contribution in [0.5, 0.6) is 0 Å². The van der Waals surface area contributed by atoms with Crippen LogP contribution in [0.1, 0.15) is 30.9 Å². The largest absolute Gasteiger partial charge is 0.296 e. The van der Waals surface area contributed by atoms with E-state index in [4.69, 9.17) is 0 Å². The smallest absolute Gasteiger partial charge is 0.0236 e. The van der Waals surface area contributed by atoms with Gasteiger partial charge in [0.15, 0.2) is 0 Å². The van der Waals surface area contributed by atoms with E-state index in [9.17, 15) is 0 Å². The lowest BCUT2D eigenvalue weighted by atomic mass is 9.75. The highest BCUT2D eigenvalue weighted by Gasteiger charge is 2.34. The molecular formula is C23H29N. The van der Waals surface area contributed by atoms with Crippen LogP contribution in [-0.4, -0.2) is 17.5 Å². The normalized spacial score (nSPS) is 24.6. The molecule has 0 saturated carbocycles. The van der Waals surface area contributed by atoms with E-state index in [0.29, 0.717) is 12.0 Å². The fourth-order valence-electron chi connectivity index (χ4n) is 4.21. The maximum Gasteiger partial charge on any atom is 0.0236 e. The lowest BCUT2D eigenvalue weighted by Crippen LogP contribution is -2.47. The number of hydrogen-bond donors (Lipinski definition) is 0. The van der Waals surface area contributed by atoms with Crippen molar-refractivity contribution in [1.82, 2.24) is 4.90 Å². The molecule has 2 aromatic rings. The summed E-state index contributed by atoms with van der Waals surface area (Å²) in [4.78, 5) is 2.66. The van der Waals surface area contributed by atoms with Crippen molar-refractivity contribution >= 4 is 0 Å². The fourth-order valence-corrected chi connectivity index (χ4v) is 4.21. The molecule has 126 valence electrons. The zero-order valence-corrected chi connectivity index (χ0v) is 14.8. The zero-order chi connectivity index (χ0) is 16.8. The van der Waals surface area contributed by atoms with Crippen LogP contribution in [-0.2, 0) is 13.0 Å². The summed E-state index contributed by atoms with van der Waals surface area (Å²) >= 11 is 0. The highest BCUT2D eigenvalue weighted by Crippen LogP contribution is 2.35. The summed E-state index contributed by atoms with van der Waals surface area (Å²) in [6.07, 6.45) is 5.71. The van der Waals surface area contributed by atoms with Crippen LogP contribution < -0.4 is 0 Å². The number of benzene rings is 2. The Hall–Kier alpha value is -1.86. The van der Waals surface area contributed by atoms with Gasteiger partial charge in [-0.3, -0.25) is 4.90 Å². The van der Waals surface area contributed by atoms with Crippen LogP contribution >= 0.6 is 0 Å². The van der Waals surface area contributed by atoms with Crippen molar-refractivity contribution in [3.8, 4) is 0 Å². The van der Waals surface area contributed by atoms with Gasteiger partial charge in [0.05, 0.1) is 0 Å². The van der Waals surface area contributed by atoms with E-state index in [0.717, 1.165) is 18.9 Å². The van der Waals surface area contributed by atoms with Crippen molar-refractivity contribution in [2.75, 3.05) is 6.54 Å². The van der Waals surface area contributed by atoms with E-state index in [1.165, 1.54) is 30.5 Å². The van der Waals surface area contributed by atoms with Gasteiger partial charge in [0, 0.05) is 12.6 Å². The molecule has 3 atom stereocenters. The third-order valence-corrected chi connectivity index (χ3v) is 5.60. The van der Waals surface area contributed by atoms with Crippen molar-refractivity contribution in [2.24, 2.45) is 11.8 Å². The average Bonchev–Trinajstić information content (AvgIpc) is 2.62. The average molecular weight is 319 g/mol. The number of piperidine rings is 1. The zero-order valence-electron chi connectivity index (χ0n) is 14.8. The Bertz CT molecular complexity index is 619. The first-order chi connectivity index (χ1) is 11.8. The summed E-state index contributed by atoms with van der Waals surface area (Å²) in [7, 11) is 0. The van der Waals surface area contributed by atoms with Crippen molar-refractivity contribution in [2.45, 2.75) is 38.8 Å². The fraction of sp³-hybridized carbons (Fsp3) is 0.391. The molecule has 2 aromatic carbocycles. The Morgan fingerprint density at radius 1 is 1.00 bits per heavy atom. The minimum absolute atomic E-state index is 0.602. The second-order valence-electron chi connectivity index (χ2n) is 7.12. The molecule has 0 aromatic heterocycles. The van der Waals surface area contributed by atoms with Gasteiger partial charge in [-0.2, -0.15) is 0 Å². The van der Waals surface area contributed by atoms with Gasteiger partial charge in [-0.25, -0.2) is 0 Å². The first-order valence-electron chi connectivity index (χ1n) is 9.20. The minimum atomic E-state index is 0.602. The Labute approximate surface area is 147 Å². The van der Waals surface area contributed by atoms with E-state index in [-0.39, 0.29) is 0 Å². The maximum atomic E-state index is 4.02. The number of allylic oxidation sites excluding steroid dienone is 1. The molecule has 1 aliphatic heterocycles. The number of rotatable bonds is 6. The quantitative estimate of drug-likeness (QED) is 0.650. The molecule has 1 nitrogen and oxygen atoms in total. The molecule has 1 saturated heterocycles. The van der Waals surface area contributed by atoms with Crippen LogP contribution in [0.15, 0.2) is 73.3 Å². The summed E-state index contributed by atoms with van der Waals surface area (Å²) in [5.74, 6) is 1.45. The van der Waals surface area contributed by atoms with Gasteiger partial charge >= 0.3 is 0 Å². The molecule has 0 amide bonds. The Kier molecular flexibility index (Phi) is 5.87. The van der Waals surface area contributed by atoms with Crippen LogP contribution in [0.3, 0.4) is 0 Å². The summed E-state index contributed by atoms with van der Waals surface area (Å²) in [5.41, 5.74) is 2.89. The van der Waals surface area contributed by atoms with Crippen LogP contribution in [0.2, 0.25) is 0 Å². The van der Waals surface area contributed by atoms with Gasteiger partial charge in [0.25, 0.3) is 0 Å². The van der Waals surface area contributed by atoms with Crippen LogP contribution in [0.4, 0.5) is 0 Å². The summed E-state index contributed by atoms with van der Waals surface area (Å²) in [6, 6.07) is 22.4. The Balaban J connectivity index is 1.69. The van der Waals surface area contributed by atoms with Gasteiger partial charge in [-0.15, -0.1) is 6.58 Å². The van der Waals surface area contributed by atoms with E-state index in [1.54, 1.807) is 0 Å². The maximum absolute atomic E-state index is 4.02. The molecule has 0 spiro atoms. The van der Waals surface area contributed by atoms with Crippen molar-refractivity contribution in [3.05, 3.63) is 84.4 Å². The molecule has 1 heteroatoms. The Morgan fingerprint density at radius 2 is 1.62 bits per heavy atom. The van der Waals surface area contributed by atoms with E-state index in [2.05, 4.69) is 85.1 Å². The minimum Gasteiger partial charge on any atom is -0.296 e. The number of hydrogen-bond acceptors (Lipinski definition) is 1. The molecule has 0 N–H and O–H groups in total. The molecule has 1 fully saturated rings. The molecular weight excluding hydrogens is 290 g/mol. The third-order valence-electron chi connectivity index (χ3n) is 5.60. The molecule has 3 rings (SSSR count). The highest BCUT2D eigenvalue weighted by atomic mass is 15.2. The summed E-state index contributed by atoms with van der Waals surface area (Å²) in [5, 5.41) is 0. The van der Waals surface area contributed by atoms with Gasteiger partial charge in [0.2, 0.25) is 0 Å². The lowest BCUT2D eigenvalue weighted by molar-refractivity contribution is 0.0535. The predicted molar refractivity (Wildman–Crippen MR) is 103 cm³/mol. The summed E-state index contributed by atoms with van der Waals surface area (Å²) in [6.45, 7) is 8.69. The first kappa shape index (κ1) is 17.0. The molecule has 24 heavy (non-hydrogen) atoms. The van der Waals surface area contributed by atoms with Gasteiger partial charge in [-0.1, -0.05) is 66.7 Å². The van der Waals surface area contributed by atoms with Gasteiger partial charge in [-0.05, 0) is 55.7 Å². The number of nitrogens with zero attached hydrogens (tertiary/aromatic N) is 1. The summed E-state index contributed by atoms with van der Waals surface area (Å²) < 4.78 is 0. The van der Waals surface area contributed by atoms with Crippen LogP contribution in [0, 0.1) is 11.8 Å². The molecule has 0 aliphatic carbocycles. The Morgan fingerprint density at radius 3 is 2.25 bits per heavy atom. The van der Waals surface area contributed by atoms with E-state index < -0.39 is 0 Å². The molecule has 0 bridgehead atoms.